The Kier molecular flexibility index (Phi) is 9.71. The van der Waals surface area contributed by atoms with Gasteiger partial charge in [-0.2, -0.15) is 0 Å². The minimum Gasteiger partial charge on any atom is -0.508 e. The molecule has 310 valence electrons. The molecule has 9 rings (SSSR count). The number of imide groups is 2. The van der Waals surface area contributed by atoms with Crippen molar-refractivity contribution in [2.75, 3.05) is 41.0 Å². The second kappa shape index (κ2) is 14.6. The SMILES string of the molecule is O=C1[C@H]2[C@H](CC=C3[C@H]2C[C@@]2(Cl)C(=O)N(c4c(F)c(F)c(F)c(F)c4F)C(=O)[C@@]2(Cl)[C@H]3c2ccc(OCc3ccccc3)cc2O)C(=O)N1c1ccc(N2CCOCC2)cc1. The molecule has 0 aromatic heterocycles. The highest BCUT2D eigenvalue weighted by Crippen LogP contribution is 2.67. The Labute approximate surface area is 348 Å². The van der Waals surface area contributed by atoms with Crippen LogP contribution in [0, 0.1) is 46.8 Å². The zero-order valence-electron chi connectivity index (χ0n) is 31.1. The molecule has 4 fully saturated rings. The lowest BCUT2D eigenvalue weighted by molar-refractivity contribution is -0.125. The van der Waals surface area contributed by atoms with Crippen molar-refractivity contribution in [1.29, 1.82) is 0 Å². The topological polar surface area (TPSA) is 117 Å². The lowest BCUT2D eigenvalue weighted by Gasteiger charge is -2.50. The number of carbonyl (C=O) groups is 4. The van der Waals surface area contributed by atoms with Crippen LogP contribution in [0.3, 0.4) is 0 Å². The number of carbonyl (C=O) groups excluding carboxylic acids is 4. The summed E-state index contributed by atoms with van der Waals surface area (Å²) in [6.45, 7) is 2.46. The van der Waals surface area contributed by atoms with E-state index < -0.39 is 104 Å². The van der Waals surface area contributed by atoms with Crippen molar-refractivity contribution in [3.63, 3.8) is 0 Å². The zero-order valence-corrected chi connectivity index (χ0v) is 32.7. The molecule has 4 aromatic rings. The maximum absolute atomic E-state index is 15.4. The minimum absolute atomic E-state index is 0.0648. The highest BCUT2D eigenvalue weighted by Gasteiger charge is 2.77. The molecule has 2 aliphatic carbocycles. The molecule has 3 heterocycles. The number of alkyl halides is 2. The Bertz CT molecular complexity index is 2500. The van der Waals surface area contributed by atoms with E-state index in [2.05, 4.69) is 4.90 Å². The molecule has 4 amide bonds. The van der Waals surface area contributed by atoms with Crippen molar-refractivity contribution >= 4 is 63.9 Å². The van der Waals surface area contributed by atoms with E-state index in [1.165, 1.54) is 18.2 Å². The second-order valence-corrected chi connectivity index (χ2v) is 16.6. The van der Waals surface area contributed by atoms with Crippen LogP contribution < -0.4 is 19.4 Å². The Morgan fingerprint density at radius 2 is 1.38 bits per heavy atom. The number of phenolic OH excluding ortho intramolecular Hbond substituents is 1. The van der Waals surface area contributed by atoms with Gasteiger partial charge in [-0.1, -0.05) is 48.0 Å². The largest absolute Gasteiger partial charge is 0.508 e. The number of hydrogen-bond donors (Lipinski definition) is 1. The normalized spacial score (nSPS) is 27.5. The maximum atomic E-state index is 15.4. The average molecular weight is 869 g/mol. The Hall–Kier alpha value is -5.51. The van der Waals surface area contributed by atoms with Gasteiger partial charge >= 0.3 is 0 Å². The molecular formula is C43H32Cl2F5N3O7. The van der Waals surface area contributed by atoms with Crippen LogP contribution in [0.4, 0.5) is 39.0 Å². The summed E-state index contributed by atoms with van der Waals surface area (Å²) in [6, 6.07) is 19.8. The van der Waals surface area contributed by atoms with Crippen LogP contribution in [0.15, 0.2) is 84.4 Å². The number of amides is 4. The zero-order chi connectivity index (χ0) is 42.4. The van der Waals surface area contributed by atoms with E-state index in [0.717, 1.165) is 16.2 Å². The van der Waals surface area contributed by atoms with Crippen molar-refractivity contribution in [1.82, 2.24) is 0 Å². The number of aromatic hydroxyl groups is 1. The van der Waals surface area contributed by atoms with Crippen LogP contribution in [0.25, 0.3) is 0 Å². The first-order chi connectivity index (χ1) is 28.7. The van der Waals surface area contributed by atoms with Crippen molar-refractivity contribution in [3.05, 3.63) is 125 Å². The quantitative estimate of drug-likeness (QED) is 0.0516. The van der Waals surface area contributed by atoms with Crippen molar-refractivity contribution in [2.45, 2.75) is 35.1 Å². The number of morpholine rings is 1. The van der Waals surface area contributed by atoms with Crippen molar-refractivity contribution < 1.29 is 55.7 Å². The van der Waals surface area contributed by atoms with Crippen molar-refractivity contribution in [3.8, 4) is 11.5 Å². The van der Waals surface area contributed by atoms with Crippen LogP contribution in [-0.2, 0) is 30.5 Å². The lowest BCUT2D eigenvalue weighted by atomic mass is 9.56. The van der Waals surface area contributed by atoms with E-state index in [-0.39, 0.29) is 40.5 Å². The molecule has 3 saturated heterocycles. The molecule has 0 radical (unpaired) electrons. The van der Waals surface area contributed by atoms with Gasteiger partial charge < -0.3 is 19.5 Å². The Balaban J connectivity index is 1.14. The third-order valence-corrected chi connectivity index (χ3v) is 13.7. The molecule has 1 saturated carbocycles. The predicted octanol–water partition coefficient (Wildman–Crippen LogP) is 7.27. The van der Waals surface area contributed by atoms with E-state index in [0.29, 0.717) is 26.3 Å². The smallest absolute Gasteiger partial charge is 0.258 e. The molecule has 1 N–H and O–H groups in total. The molecule has 6 atom stereocenters. The number of fused-ring (bicyclic) bond motifs is 4. The second-order valence-electron chi connectivity index (χ2n) is 15.3. The number of hydrogen-bond acceptors (Lipinski definition) is 8. The van der Waals surface area contributed by atoms with Crippen LogP contribution >= 0.6 is 23.2 Å². The van der Waals surface area contributed by atoms with Gasteiger partial charge in [-0.15, -0.1) is 23.2 Å². The summed E-state index contributed by atoms with van der Waals surface area (Å²) in [5.41, 5.74) is 0.0827. The van der Waals surface area contributed by atoms with E-state index in [1.807, 2.05) is 18.2 Å². The maximum Gasteiger partial charge on any atom is 0.258 e. The first-order valence-corrected chi connectivity index (χ1v) is 19.7. The number of allylic oxidation sites excluding steroid dienone is 2. The number of phenols is 1. The van der Waals surface area contributed by atoms with Crippen LogP contribution in [0.1, 0.15) is 29.9 Å². The van der Waals surface area contributed by atoms with Crippen LogP contribution in [-0.4, -0.2) is 64.8 Å². The van der Waals surface area contributed by atoms with Gasteiger partial charge in [0.25, 0.3) is 11.8 Å². The van der Waals surface area contributed by atoms with E-state index >= 15 is 8.78 Å². The number of rotatable bonds is 7. The molecule has 5 aliphatic rings. The standard InChI is InChI=1S/C43H32Cl2F5N3O7/c44-42-19-28-25(12-13-27-30(28)39(56)52(38(27)55)23-8-6-22(7-9-23)51-14-16-59-17-15-51)31(26-11-10-24(18-29(26)54)60-20-21-4-2-1-3-5-21)43(42,45)41(58)53(40(42)57)37-35(49)33(47)32(46)34(48)36(37)50/h1-12,18,27-28,30-31,54H,13-17,19-20H2/t27-,28+,30-,31+,42+,43-/m0/s1. The highest BCUT2D eigenvalue weighted by molar-refractivity contribution is 6.58. The third-order valence-electron chi connectivity index (χ3n) is 12.3. The number of halogens is 7. The highest BCUT2D eigenvalue weighted by atomic mass is 35.5. The minimum atomic E-state index is -2.80. The summed E-state index contributed by atoms with van der Waals surface area (Å²) < 4.78 is 85.6. The fraction of sp³-hybridized carbons (Fsp3) is 0.302. The van der Waals surface area contributed by atoms with Gasteiger partial charge in [0.15, 0.2) is 33.0 Å². The first kappa shape index (κ1) is 39.9. The molecule has 0 unspecified atom stereocenters. The molecule has 0 spiro atoms. The number of benzene rings is 4. The van der Waals surface area contributed by atoms with Gasteiger partial charge in [-0.3, -0.25) is 24.1 Å². The molecule has 17 heteroatoms. The molecular weight excluding hydrogens is 836 g/mol. The van der Waals surface area contributed by atoms with E-state index in [9.17, 15) is 37.5 Å². The summed E-state index contributed by atoms with van der Waals surface area (Å²) in [5.74, 6) is -22.3. The van der Waals surface area contributed by atoms with E-state index in [4.69, 9.17) is 32.7 Å². The van der Waals surface area contributed by atoms with Gasteiger partial charge in [0.05, 0.1) is 30.7 Å². The van der Waals surface area contributed by atoms with Crippen molar-refractivity contribution in [2.24, 2.45) is 17.8 Å². The monoisotopic (exact) mass is 867 g/mol. The molecule has 3 aliphatic heterocycles. The van der Waals surface area contributed by atoms with Gasteiger partial charge in [-0.25, -0.2) is 26.9 Å². The molecule has 4 aromatic carbocycles. The Morgan fingerprint density at radius 1 is 0.750 bits per heavy atom. The molecule has 10 nitrogen and oxygen atoms in total. The Morgan fingerprint density at radius 3 is 2.03 bits per heavy atom. The number of anilines is 3. The summed E-state index contributed by atoms with van der Waals surface area (Å²) in [4.78, 5) is 55.2. The van der Waals surface area contributed by atoms with Gasteiger partial charge in [0, 0.05) is 36.3 Å². The average Bonchev–Trinajstić information content (AvgIpc) is 3.60. The van der Waals surface area contributed by atoms with E-state index in [1.54, 1.807) is 42.5 Å². The van der Waals surface area contributed by atoms with Crippen LogP contribution in [0.2, 0.25) is 0 Å². The summed E-state index contributed by atoms with van der Waals surface area (Å²) in [7, 11) is 0. The number of nitrogens with zero attached hydrogens (tertiary/aromatic N) is 3. The number of ether oxygens (including phenoxy) is 2. The lowest BCUT2D eigenvalue weighted by Crippen LogP contribution is -2.60. The van der Waals surface area contributed by atoms with Gasteiger partial charge in [0.1, 0.15) is 23.8 Å². The van der Waals surface area contributed by atoms with Gasteiger partial charge in [0.2, 0.25) is 17.6 Å². The molecule has 60 heavy (non-hydrogen) atoms. The van der Waals surface area contributed by atoms with Crippen LogP contribution in [0.5, 0.6) is 11.5 Å². The third kappa shape index (κ3) is 5.76. The predicted molar refractivity (Wildman–Crippen MR) is 207 cm³/mol. The molecule has 0 bridgehead atoms. The summed E-state index contributed by atoms with van der Waals surface area (Å²) in [6.07, 6.45) is 0.815. The summed E-state index contributed by atoms with van der Waals surface area (Å²) in [5, 5.41) is 11.6. The fourth-order valence-electron chi connectivity index (χ4n) is 9.40. The first-order valence-electron chi connectivity index (χ1n) is 19.0. The fourth-order valence-corrected chi connectivity index (χ4v) is 10.3. The summed E-state index contributed by atoms with van der Waals surface area (Å²) >= 11 is 14.5. The van der Waals surface area contributed by atoms with Gasteiger partial charge in [-0.05, 0) is 54.7 Å².